The normalized spacial score (nSPS) is 38.0. The number of rotatable bonds is 2. The molecule has 0 aliphatic carbocycles. The van der Waals surface area contributed by atoms with Gasteiger partial charge in [0.2, 0.25) is 0 Å². The second-order valence-electron chi connectivity index (χ2n) is 3.89. The van der Waals surface area contributed by atoms with Crippen LogP contribution in [0, 0.1) is 0 Å². The molecule has 0 aromatic heterocycles. The molecule has 7 nitrogen and oxygen atoms in total. The van der Waals surface area contributed by atoms with Gasteiger partial charge in [-0.1, -0.05) is 0 Å². The van der Waals surface area contributed by atoms with Gasteiger partial charge in [0, 0.05) is 12.6 Å². The van der Waals surface area contributed by atoms with Crippen molar-refractivity contribution in [2.75, 3.05) is 6.61 Å². The first-order chi connectivity index (χ1) is 8.02. The van der Waals surface area contributed by atoms with Crippen molar-refractivity contribution in [1.82, 2.24) is 10.2 Å². The number of aliphatic hydroxyl groups is 3. The summed E-state index contributed by atoms with van der Waals surface area (Å²) in [6.07, 6.45) is -1.39. The highest BCUT2D eigenvalue weighted by atomic mass is 127. The summed E-state index contributed by atoms with van der Waals surface area (Å²) in [4.78, 5) is 12.9. The van der Waals surface area contributed by atoms with Crippen molar-refractivity contribution < 1.29 is 24.9 Å². The van der Waals surface area contributed by atoms with E-state index in [0.29, 0.717) is 3.58 Å². The number of nitrogens with one attached hydrogen (secondary N) is 1. The van der Waals surface area contributed by atoms with Crippen LogP contribution in [0.3, 0.4) is 0 Å². The van der Waals surface area contributed by atoms with E-state index < -0.39 is 30.7 Å². The summed E-state index contributed by atoms with van der Waals surface area (Å²) in [5, 5.41) is 30.3. The van der Waals surface area contributed by atoms with Crippen LogP contribution < -0.4 is 5.32 Å². The van der Waals surface area contributed by atoms with Crippen molar-refractivity contribution in [2.45, 2.75) is 31.1 Å². The van der Waals surface area contributed by atoms with Gasteiger partial charge in [-0.05, 0) is 22.6 Å². The van der Waals surface area contributed by atoms with Crippen molar-refractivity contribution in [1.29, 1.82) is 0 Å². The number of hydrogen-bond donors (Lipinski definition) is 4. The molecule has 17 heavy (non-hydrogen) atoms. The second kappa shape index (κ2) is 5.06. The molecule has 8 heteroatoms. The molecule has 0 bridgehead atoms. The van der Waals surface area contributed by atoms with Crippen LogP contribution in [-0.2, 0) is 4.74 Å². The van der Waals surface area contributed by atoms with Crippen molar-refractivity contribution in [3.05, 3.63) is 9.78 Å². The summed E-state index contributed by atoms with van der Waals surface area (Å²) in [6.45, 7) is -0.295. The molecule has 2 amide bonds. The van der Waals surface area contributed by atoms with Crippen LogP contribution in [0.1, 0.15) is 6.42 Å². The van der Waals surface area contributed by atoms with Gasteiger partial charge in [0.15, 0.2) is 6.23 Å². The molecule has 2 aliphatic heterocycles. The Balaban J connectivity index is 2.11. The molecule has 2 rings (SSSR count). The zero-order chi connectivity index (χ0) is 12.6. The quantitative estimate of drug-likeness (QED) is 0.479. The second-order valence-corrected chi connectivity index (χ2v) is 5.13. The predicted octanol–water partition coefficient (Wildman–Crippen LogP) is -0.925. The number of halogens is 1. The molecule has 96 valence electrons. The van der Waals surface area contributed by atoms with Gasteiger partial charge in [0.25, 0.3) is 0 Å². The van der Waals surface area contributed by atoms with Gasteiger partial charge >= 0.3 is 6.03 Å². The highest BCUT2D eigenvalue weighted by molar-refractivity contribution is 14.1. The molecule has 4 N–H and O–H groups in total. The van der Waals surface area contributed by atoms with Crippen molar-refractivity contribution >= 4 is 28.6 Å². The molecular formula is C9H13IN2O5. The lowest BCUT2D eigenvalue weighted by atomic mass is 10.2. The molecule has 4 atom stereocenters. The van der Waals surface area contributed by atoms with Crippen LogP contribution in [0.25, 0.3) is 0 Å². The monoisotopic (exact) mass is 356 g/mol. The zero-order valence-electron chi connectivity index (χ0n) is 8.78. The van der Waals surface area contributed by atoms with E-state index in [1.54, 1.807) is 0 Å². The summed E-state index contributed by atoms with van der Waals surface area (Å²) in [6, 6.07) is -0.492. The average molecular weight is 356 g/mol. The van der Waals surface area contributed by atoms with Gasteiger partial charge in [-0.15, -0.1) is 0 Å². The van der Waals surface area contributed by atoms with Crippen molar-refractivity contribution in [3.8, 4) is 0 Å². The minimum Gasteiger partial charge on any atom is -0.394 e. The van der Waals surface area contributed by atoms with Crippen LogP contribution in [0.2, 0.25) is 0 Å². The van der Waals surface area contributed by atoms with Crippen LogP contribution in [0.15, 0.2) is 9.78 Å². The average Bonchev–Trinajstić information content (AvgIpc) is 2.65. The van der Waals surface area contributed by atoms with E-state index in [1.807, 2.05) is 22.6 Å². The molecule has 2 aliphatic rings. The van der Waals surface area contributed by atoms with Gasteiger partial charge in [0.1, 0.15) is 12.3 Å². The Bertz CT molecular complexity index is 350. The van der Waals surface area contributed by atoms with Crippen molar-refractivity contribution in [2.24, 2.45) is 0 Å². The van der Waals surface area contributed by atoms with E-state index in [-0.39, 0.29) is 13.0 Å². The van der Waals surface area contributed by atoms with E-state index in [9.17, 15) is 15.0 Å². The van der Waals surface area contributed by atoms with Gasteiger partial charge in [-0.3, -0.25) is 4.90 Å². The van der Waals surface area contributed by atoms with E-state index in [1.165, 1.54) is 11.1 Å². The Morgan fingerprint density at radius 2 is 2.29 bits per heavy atom. The highest BCUT2D eigenvalue weighted by Crippen LogP contribution is 2.27. The first-order valence-corrected chi connectivity index (χ1v) is 6.19. The summed E-state index contributed by atoms with van der Waals surface area (Å²) in [5.74, 6) is 0. The molecule has 1 fully saturated rings. The third-order valence-electron chi connectivity index (χ3n) is 2.71. The lowest BCUT2D eigenvalue weighted by Gasteiger charge is -2.31. The minimum absolute atomic E-state index is 0.231. The van der Waals surface area contributed by atoms with Crippen LogP contribution in [-0.4, -0.2) is 57.5 Å². The Morgan fingerprint density at radius 3 is 2.88 bits per heavy atom. The van der Waals surface area contributed by atoms with Crippen molar-refractivity contribution in [3.63, 3.8) is 0 Å². The van der Waals surface area contributed by atoms with Gasteiger partial charge in [0.05, 0.1) is 16.3 Å². The Kier molecular flexibility index (Phi) is 3.88. The molecule has 1 unspecified atom stereocenters. The largest absolute Gasteiger partial charge is 0.394 e. The molecule has 0 aromatic rings. The fourth-order valence-corrected chi connectivity index (χ4v) is 2.24. The third kappa shape index (κ3) is 2.55. The molecule has 2 heterocycles. The number of carbonyl (C=O) groups is 1. The standard InChI is InChI=1S/C9H13IN2O5/c10-4-2-12(9(16)11-8(4)15)7-1-5(14)6(3-13)17-7/h2,5-8,13-15H,1,3H2,(H,11,16)/t5-,6-,7?,8-/m1/s1. The number of ether oxygens (including phenoxy) is 1. The Morgan fingerprint density at radius 1 is 1.59 bits per heavy atom. The predicted molar refractivity (Wildman–Crippen MR) is 64.9 cm³/mol. The van der Waals surface area contributed by atoms with Crippen LogP contribution in [0.5, 0.6) is 0 Å². The topological polar surface area (TPSA) is 102 Å². The highest BCUT2D eigenvalue weighted by Gasteiger charge is 2.39. The number of carbonyl (C=O) groups excluding carboxylic acids is 1. The van der Waals surface area contributed by atoms with Gasteiger partial charge < -0.3 is 25.4 Å². The van der Waals surface area contributed by atoms with Gasteiger partial charge in [-0.2, -0.15) is 0 Å². The number of hydrogen-bond acceptors (Lipinski definition) is 5. The summed E-state index contributed by atoms with van der Waals surface area (Å²) in [5.41, 5.74) is 0. The van der Waals surface area contributed by atoms with E-state index in [2.05, 4.69) is 5.32 Å². The fourth-order valence-electron chi connectivity index (χ4n) is 1.79. The van der Waals surface area contributed by atoms with E-state index in [0.717, 1.165) is 0 Å². The Labute approximate surface area is 111 Å². The SMILES string of the molecule is O=C1N[C@H](O)C(I)=CN1C1C[C@@H](O)[C@@H](CO)O1. The first-order valence-electron chi connectivity index (χ1n) is 5.11. The van der Waals surface area contributed by atoms with E-state index in [4.69, 9.17) is 9.84 Å². The zero-order valence-corrected chi connectivity index (χ0v) is 10.9. The summed E-state index contributed by atoms with van der Waals surface area (Å²) >= 11 is 1.90. The third-order valence-corrected chi connectivity index (χ3v) is 3.58. The summed E-state index contributed by atoms with van der Waals surface area (Å²) in [7, 11) is 0. The molecule has 1 saturated heterocycles. The van der Waals surface area contributed by atoms with Gasteiger partial charge in [-0.25, -0.2) is 4.79 Å². The molecule has 0 radical (unpaired) electrons. The first kappa shape index (κ1) is 13.0. The lowest BCUT2D eigenvalue weighted by molar-refractivity contribution is -0.0556. The van der Waals surface area contributed by atoms with Crippen LogP contribution in [0.4, 0.5) is 4.79 Å². The lowest BCUT2D eigenvalue weighted by Crippen LogP contribution is -2.50. The molecule has 0 spiro atoms. The fraction of sp³-hybridized carbons (Fsp3) is 0.667. The molecule has 0 saturated carbocycles. The molecule has 0 aromatic carbocycles. The van der Waals surface area contributed by atoms with E-state index >= 15 is 0 Å². The maximum absolute atomic E-state index is 11.6. The number of amides is 2. The number of nitrogens with zero attached hydrogens (tertiary/aromatic N) is 1. The summed E-state index contributed by atoms with van der Waals surface area (Å²) < 4.78 is 5.90. The van der Waals surface area contributed by atoms with Crippen LogP contribution >= 0.6 is 22.6 Å². The smallest absolute Gasteiger partial charge is 0.325 e. The Hall–Kier alpha value is -0.420. The maximum atomic E-state index is 11.6. The minimum atomic E-state index is -1.00. The number of urea groups is 1. The number of aliphatic hydroxyl groups excluding tert-OH is 3. The molecular weight excluding hydrogens is 343 g/mol. The maximum Gasteiger partial charge on any atom is 0.325 e.